The third-order valence-corrected chi connectivity index (χ3v) is 5.65. The number of nitrogens with zero attached hydrogens (tertiary/aromatic N) is 1. The molecule has 0 spiro atoms. The number of rotatable bonds is 3. The van der Waals surface area contributed by atoms with Crippen LogP contribution in [0, 0.1) is 0 Å². The predicted octanol–water partition coefficient (Wildman–Crippen LogP) is 5.38. The normalized spacial score (nSPS) is 16.3. The molecule has 25 heavy (non-hydrogen) atoms. The van der Waals surface area contributed by atoms with Gasteiger partial charge in [-0.05, 0) is 39.3 Å². The van der Waals surface area contributed by atoms with Crippen LogP contribution in [0.1, 0.15) is 5.56 Å². The van der Waals surface area contributed by atoms with Gasteiger partial charge < -0.3 is 0 Å². The standard InChI is InChI=1S/C21H15NOS2/c1-2-11-22-20(23)19(25-21(22)24)13-18-16-9-5-3-7-14(16)12-15-8-4-6-10-17(15)18/h2-10,12-13H,1,11H2/b19-13+. The van der Waals surface area contributed by atoms with Crippen molar-refractivity contribution in [1.29, 1.82) is 0 Å². The van der Waals surface area contributed by atoms with E-state index in [4.69, 9.17) is 12.2 Å². The van der Waals surface area contributed by atoms with E-state index in [1.807, 2.05) is 30.3 Å². The monoisotopic (exact) mass is 361 g/mol. The van der Waals surface area contributed by atoms with Crippen molar-refractivity contribution in [1.82, 2.24) is 4.90 Å². The summed E-state index contributed by atoms with van der Waals surface area (Å²) in [7, 11) is 0. The highest BCUT2D eigenvalue weighted by Crippen LogP contribution is 2.36. The molecule has 3 aromatic rings. The van der Waals surface area contributed by atoms with Crippen LogP contribution in [0.15, 0.2) is 72.2 Å². The molecule has 0 aromatic heterocycles. The number of carbonyl (C=O) groups is 1. The van der Waals surface area contributed by atoms with Gasteiger partial charge in [-0.25, -0.2) is 0 Å². The highest BCUT2D eigenvalue weighted by Gasteiger charge is 2.31. The highest BCUT2D eigenvalue weighted by molar-refractivity contribution is 8.26. The van der Waals surface area contributed by atoms with Crippen molar-refractivity contribution in [2.45, 2.75) is 0 Å². The van der Waals surface area contributed by atoms with Crippen molar-refractivity contribution in [3.63, 3.8) is 0 Å². The molecular weight excluding hydrogens is 346 g/mol. The third kappa shape index (κ3) is 2.77. The summed E-state index contributed by atoms with van der Waals surface area (Å²) >= 11 is 6.70. The maximum absolute atomic E-state index is 12.7. The fourth-order valence-corrected chi connectivity index (χ4v) is 4.38. The summed E-state index contributed by atoms with van der Waals surface area (Å²) in [4.78, 5) is 14.9. The van der Waals surface area contributed by atoms with Crippen molar-refractivity contribution in [2.24, 2.45) is 0 Å². The summed E-state index contributed by atoms with van der Waals surface area (Å²) < 4.78 is 0.584. The van der Waals surface area contributed by atoms with Crippen molar-refractivity contribution in [3.8, 4) is 0 Å². The fourth-order valence-electron chi connectivity index (χ4n) is 3.12. The number of hydrogen-bond donors (Lipinski definition) is 0. The quantitative estimate of drug-likeness (QED) is 0.270. The molecule has 1 aliphatic heterocycles. The van der Waals surface area contributed by atoms with Crippen LogP contribution in [0.3, 0.4) is 0 Å². The molecule has 0 bridgehead atoms. The van der Waals surface area contributed by atoms with Crippen LogP contribution in [-0.4, -0.2) is 21.7 Å². The zero-order valence-electron chi connectivity index (χ0n) is 13.4. The molecule has 0 aliphatic carbocycles. The zero-order chi connectivity index (χ0) is 17.4. The predicted molar refractivity (Wildman–Crippen MR) is 112 cm³/mol. The molecule has 4 heteroatoms. The van der Waals surface area contributed by atoms with Crippen LogP contribution in [0.2, 0.25) is 0 Å². The van der Waals surface area contributed by atoms with E-state index in [9.17, 15) is 4.79 Å². The number of fused-ring (bicyclic) bond motifs is 2. The van der Waals surface area contributed by atoms with E-state index in [-0.39, 0.29) is 5.91 Å². The number of hydrogen-bond acceptors (Lipinski definition) is 3. The first-order valence-electron chi connectivity index (χ1n) is 7.96. The molecule has 0 unspecified atom stereocenters. The molecule has 1 heterocycles. The molecule has 3 aromatic carbocycles. The van der Waals surface area contributed by atoms with Gasteiger partial charge in [0.25, 0.3) is 5.91 Å². The van der Waals surface area contributed by atoms with Gasteiger partial charge in [0.1, 0.15) is 4.32 Å². The Morgan fingerprint density at radius 1 is 1.04 bits per heavy atom. The molecule has 1 fully saturated rings. The Balaban J connectivity index is 1.95. The van der Waals surface area contributed by atoms with E-state index < -0.39 is 0 Å². The van der Waals surface area contributed by atoms with Crippen LogP contribution in [0.25, 0.3) is 27.6 Å². The van der Waals surface area contributed by atoms with Crippen molar-refractivity contribution >= 4 is 61.8 Å². The van der Waals surface area contributed by atoms with E-state index >= 15 is 0 Å². The minimum absolute atomic E-state index is 0.0492. The Kier molecular flexibility index (Phi) is 4.15. The summed E-state index contributed by atoms with van der Waals surface area (Å²) in [5.41, 5.74) is 1.06. The molecule has 0 atom stereocenters. The average molecular weight is 361 g/mol. The summed E-state index contributed by atoms with van der Waals surface area (Å²) in [6.07, 6.45) is 3.67. The van der Waals surface area contributed by atoms with Crippen LogP contribution < -0.4 is 0 Å². The highest BCUT2D eigenvalue weighted by atomic mass is 32.2. The van der Waals surface area contributed by atoms with Crippen molar-refractivity contribution in [3.05, 3.63) is 77.7 Å². The lowest BCUT2D eigenvalue weighted by Gasteiger charge is -2.11. The Morgan fingerprint density at radius 2 is 1.64 bits per heavy atom. The Morgan fingerprint density at radius 3 is 2.24 bits per heavy atom. The number of thioether (sulfide) groups is 1. The topological polar surface area (TPSA) is 20.3 Å². The van der Waals surface area contributed by atoms with Crippen molar-refractivity contribution < 1.29 is 4.79 Å². The van der Waals surface area contributed by atoms with Gasteiger partial charge in [0, 0.05) is 6.54 Å². The molecule has 0 radical (unpaired) electrons. The second-order valence-electron chi connectivity index (χ2n) is 5.81. The first-order valence-corrected chi connectivity index (χ1v) is 9.18. The van der Waals surface area contributed by atoms with E-state index in [1.54, 1.807) is 11.0 Å². The van der Waals surface area contributed by atoms with Gasteiger partial charge >= 0.3 is 0 Å². The van der Waals surface area contributed by atoms with Gasteiger partial charge in [-0.15, -0.1) is 6.58 Å². The molecule has 2 nitrogen and oxygen atoms in total. The number of thiocarbonyl (C=S) groups is 1. The maximum atomic E-state index is 12.7. The molecule has 1 saturated heterocycles. The largest absolute Gasteiger partial charge is 0.289 e. The van der Waals surface area contributed by atoms with E-state index in [0.29, 0.717) is 15.8 Å². The van der Waals surface area contributed by atoms with Gasteiger partial charge in [0.05, 0.1) is 4.91 Å². The van der Waals surface area contributed by atoms with E-state index in [2.05, 4.69) is 36.9 Å². The zero-order valence-corrected chi connectivity index (χ0v) is 15.1. The Hall–Kier alpha value is -2.43. The molecule has 4 rings (SSSR count). The second-order valence-corrected chi connectivity index (χ2v) is 7.49. The minimum atomic E-state index is -0.0492. The van der Waals surface area contributed by atoms with Gasteiger partial charge in [0.15, 0.2) is 0 Å². The second kappa shape index (κ2) is 6.47. The van der Waals surface area contributed by atoms with Crippen LogP contribution in [0.4, 0.5) is 0 Å². The minimum Gasteiger partial charge on any atom is -0.289 e. The number of benzene rings is 3. The lowest BCUT2D eigenvalue weighted by Crippen LogP contribution is -2.27. The molecular formula is C21H15NOS2. The smallest absolute Gasteiger partial charge is 0.266 e. The maximum Gasteiger partial charge on any atom is 0.266 e. The summed E-state index contributed by atoms with van der Waals surface area (Å²) in [6, 6.07) is 18.7. The van der Waals surface area contributed by atoms with Gasteiger partial charge in [-0.3, -0.25) is 9.69 Å². The summed E-state index contributed by atoms with van der Waals surface area (Å²) in [6.45, 7) is 4.14. The molecule has 122 valence electrons. The SMILES string of the molecule is C=CCN1C(=O)/C(=C\c2c3ccccc3cc3ccccc23)SC1=S. The van der Waals surface area contributed by atoms with E-state index in [1.165, 1.54) is 11.8 Å². The molecule has 0 saturated carbocycles. The van der Waals surface area contributed by atoms with Crippen LogP contribution in [0.5, 0.6) is 0 Å². The summed E-state index contributed by atoms with van der Waals surface area (Å²) in [5.74, 6) is -0.0492. The Labute approximate surface area is 155 Å². The first kappa shape index (κ1) is 16.1. The van der Waals surface area contributed by atoms with Crippen LogP contribution >= 0.6 is 24.0 Å². The van der Waals surface area contributed by atoms with E-state index in [0.717, 1.165) is 27.1 Å². The molecule has 1 amide bonds. The van der Waals surface area contributed by atoms with Crippen molar-refractivity contribution in [2.75, 3.05) is 6.54 Å². The van der Waals surface area contributed by atoms with Gasteiger partial charge in [-0.1, -0.05) is 78.6 Å². The first-order chi connectivity index (χ1) is 12.2. The lowest BCUT2D eigenvalue weighted by molar-refractivity contribution is -0.121. The lowest BCUT2D eigenvalue weighted by atomic mass is 9.96. The van der Waals surface area contributed by atoms with Gasteiger partial charge in [0.2, 0.25) is 0 Å². The number of amides is 1. The van der Waals surface area contributed by atoms with Gasteiger partial charge in [-0.2, -0.15) is 0 Å². The fraction of sp³-hybridized carbons (Fsp3) is 0.0476. The van der Waals surface area contributed by atoms with Crippen LogP contribution in [-0.2, 0) is 4.79 Å². The molecule has 0 N–H and O–H groups in total. The third-order valence-electron chi connectivity index (χ3n) is 4.27. The summed E-state index contributed by atoms with van der Waals surface area (Å²) in [5, 5.41) is 4.59. The average Bonchev–Trinajstić information content (AvgIpc) is 2.89. The Bertz CT molecular complexity index is 1010. The number of carbonyl (C=O) groups excluding carboxylic acids is 1. The molecule has 1 aliphatic rings.